The number of quaternary nitrogens is 1. The van der Waals surface area contributed by atoms with E-state index in [0.717, 1.165) is 31.7 Å². The molecule has 1 saturated heterocycles. The molecule has 1 fully saturated rings. The first kappa shape index (κ1) is 13.9. The van der Waals surface area contributed by atoms with E-state index in [1.807, 2.05) is 6.92 Å². The Balaban J connectivity index is 1.91. The Bertz CT molecular complexity index is 416. The van der Waals surface area contributed by atoms with Crippen LogP contribution in [0.4, 0.5) is 0 Å². The summed E-state index contributed by atoms with van der Waals surface area (Å²) >= 11 is 0. The number of nitrogens with one attached hydrogen (secondary N) is 1. The minimum absolute atomic E-state index is 0.0489. The molecule has 19 heavy (non-hydrogen) atoms. The van der Waals surface area contributed by atoms with Crippen LogP contribution in [0, 0.1) is 0 Å². The SMILES string of the molecule is CCOc1ccc(C(=O)OC2CCC[NH+](C)C2)cc1. The van der Waals surface area contributed by atoms with Gasteiger partial charge in [-0.1, -0.05) is 0 Å². The van der Waals surface area contributed by atoms with E-state index in [4.69, 9.17) is 9.47 Å². The lowest BCUT2D eigenvalue weighted by molar-refractivity contribution is -0.888. The average molecular weight is 264 g/mol. The fraction of sp³-hybridized carbons (Fsp3) is 0.533. The van der Waals surface area contributed by atoms with Crippen molar-refractivity contribution in [3.8, 4) is 5.75 Å². The van der Waals surface area contributed by atoms with Gasteiger partial charge in [0.15, 0.2) is 6.10 Å². The number of carbonyl (C=O) groups is 1. The minimum atomic E-state index is -0.234. The van der Waals surface area contributed by atoms with Crippen molar-refractivity contribution < 1.29 is 19.2 Å². The summed E-state index contributed by atoms with van der Waals surface area (Å²) in [7, 11) is 2.14. The Morgan fingerprint density at radius 2 is 2.11 bits per heavy atom. The molecule has 1 aromatic carbocycles. The molecule has 0 saturated carbocycles. The summed E-state index contributed by atoms with van der Waals surface area (Å²) in [4.78, 5) is 13.4. The molecule has 1 aromatic rings. The summed E-state index contributed by atoms with van der Waals surface area (Å²) in [5, 5.41) is 0. The topological polar surface area (TPSA) is 40.0 Å². The van der Waals surface area contributed by atoms with Gasteiger partial charge in [-0.3, -0.25) is 0 Å². The number of likely N-dealkylation sites (tertiary alicyclic amines) is 1. The van der Waals surface area contributed by atoms with Crippen molar-refractivity contribution in [2.75, 3.05) is 26.7 Å². The Labute approximate surface area is 114 Å². The van der Waals surface area contributed by atoms with Gasteiger partial charge in [-0.05, 0) is 37.6 Å². The molecule has 0 bridgehead atoms. The molecule has 2 rings (SSSR count). The zero-order valence-corrected chi connectivity index (χ0v) is 11.6. The van der Waals surface area contributed by atoms with Gasteiger partial charge in [0.05, 0.1) is 25.8 Å². The molecule has 1 heterocycles. The maximum atomic E-state index is 12.0. The maximum absolute atomic E-state index is 12.0. The fourth-order valence-corrected chi connectivity index (χ4v) is 2.40. The summed E-state index contributed by atoms with van der Waals surface area (Å²) in [6, 6.07) is 7.12. The lowest BCUT2D eigenvalue weighted by Gasteiger charge is -2.26. The fourth-order valence-electron chi connectivity index (χ4n) is 2.40. The molecular weight excluding hydrogens is 242 g/mol. The number of piperidine rings is 1. The van der Waals surface area contributed by atoms with Gasteiger partial charge >= 0.3 is 5.97 Å². The van der Waals surface area contributed by atoms with Gasteiger partial charge in [0, 0.05) is 6.42 Å². The number of carbonyl (C=O) groups excluding carboxylic acids is 1. The Morgan fingerprint density at radius 3 is 2.74 bits per heavy atom. The molecule has 4 nitrogen and oxygen atoms in total. The number of ether oxygens (including phenoxy) is 2. The van der Waals surface area contributed by atoms with Gasteiger partial charge < -0.3 is 14.4 Å². The normalized spacial score (nSPS) is 22.8. The molecule has 0 amide bonds. The first-order valence-electron chi connectivity index (χ1n) is 6.94. The Morgan fingerprint density at radius 1 is 1.37 bits per heavy atom. The monoisotopic (exact) mass is 264 g/mol. The van der Waals surface area contributed by atoms with Crippen LogP contribution in [-0.4, -0.2) is 38.8 Å². The van der Waals surface area contributed by atoms with Crippen LogP contribution in [-0.2, 0) is 4.74 Å². The quantitative estimate of drug-likeness (QED) is 0.822. The third-order valence-electron chi connectivity index (χ3n) is 3.38. The van der Waals surface area contributed by atoms with Crippen molar-refractivity contribution in [1.82, 2.24) is 0 Å². The number of hydrogen-bond acceptors (Lipinski definition) is 3. The van der Waals surface area contributed by atoms with Gasteiger partial charge in [0.1, 0.15) is 12.3 Å². The van der Waals surface area contributed by atoms with Crippen LogP contribution in [0.1, 0.15) is 30.1 Å². The minimum Gasteiger partial charge on any atom is -0.494 e. The summed E-state index contributed by atoms with van der Waals surface area (Å²) < 4.78 is 10.9. The number of benzene rings is 1. The second-order valence-electron chi connectivity index (χ2n) is 5.04. The number of rotatable bonds is 4. The predicted octanol–water partition coefficient (Wildman–Crippen LogP) is 0.919. The molecule has 1 aliphatic rings. The van der Waals surface area contributed by atoms with Crippen molar-refractivity contribution in [3.63, 3.8) is 0 Å². The lowest BCUT2D eigenvalue weighted by Crippen LogP contribution is -3.11. The summed E-state index contributed by atoms with van der Waals surface area (Å²) in [6.45, 7) is 4.63. The molecule has 1 N–H and O–H groups in total. The molecule has 0 spiro atoms. The standard InChI is InChI=1S/C15H21NO3/c1-3-18-13-8-6-12(7-9-13)15(17)19-14-5-4-10-16(2)11-14/h6-9,14H,3-5,10-11H2,1-2H3/p+1. The molecule has 2 atom stereocenters. The van der Waals surface area contributed by atoms with Crippen LogP contribution in [0.3, 0.4) is 0 Å². The van der Waals surface area contributed by atoms with E-state index in [1.54, 1.807) is 24.3 Å². The molecule has 0 aromatic heterocycles. The summed E-state index contributed by atoms with van der Waals surface area (Å²) in [5.41, 5.74) is 0.590. The van der Waals surface area contributed by atoms with E-state index in [2.05, 4.69) is 7.05 Å². The first-order valence-corrected chi connectivity index (χ1v) is 6.94. The van der Waals surface area contributed by atoms with Gasteiger partial charge in [0.25, 0.3) is 0 Å². The lowest BCUT2D eigenvalue weighted by atomic mass is 10.1. The van der Waals surface area contributed by atoms with Gasteiger partial charge in [-0.2, -0.15) is 0 Å². The Hall–Kier alpha value is -1.55. The summed E-state index contributed by atoms with van der Waals surface area (Å²) in [5.74, 6) is 0.545. The molecule has 4 heteroatoms. The van der Waals surface area contributed by atoms with Gasteiger partial charge in [-0.25, -0.2) is 4.79 Å². The molecule has 104 valence electrons. The third-order valence-corrected chi connectivity index (χ3v) is 3.38. The smallest absolute Gasteiger partial charge is 0.338 e. The van der Waals surface area contributed by atoms with Crippen molar-refractivity contribution in [2.24, 2.45) is 0 Å². The second-order valence-corrected chi connectivity index (χ2v) is 5.04. The highest BCUT2D eigenvalue weighted by molar-refractivity contribution is 5.89. The van der Waals surface area contributed by atoms with Crippen LogP contribution in [0.15, 0.2) is 24.3 Å². The van der Waals surface area contributed by atoms with Gasteiger partial charge in [-0.15, -0.1) is 0 Å². The van der Waals surface area contributed by atoms with Crippen LogP contribution in [0.5, 0.6) is 5.75 Å². The molecular formula is C15H22NO3+. The van der Waals surface area contributed by atoms with Crippen molar-refractivity contribution in [3.05, 3.63) is 29.8 Å². The first-order chi connectivity index (χ1) is 9.19. The number of hydrogen-bond donors (Lipinski definition) is 1. The van der Waals surface area contributed by atoms with Crippen molar-refractivity contribution >= 4 is 5.97 Å². The average Bonchev–Trinajstić information content (AvgIpc) is 2.40. The van der Waals surface area contributed by atoms with E-state index in [-0.39, 0.29) is 12.1 Å². The molecule has 1 aliphatic heterocycles. The Kier molecular flexibility index (Phi) is 4.80. The summed E-state index contributed by atoms with van der Waals surface area (Å²) in [6.07, 6.45) is 2.14. The van der Waals surface area contributed by atoms with Crippen molar-refractivity contribution in [2.45, 2.75) is 25.9 Å². The second kappa shape index (κ2) is 6.57. The molecule has 0 radical (unpaired) electrons. The maximum Gasteiger partial charge on any atom is 0.338 e. The van der Waals surface area contributed by atoms with Crippen molar-refractivity contribution in [1.29, 1.82) is 0 Å². The van der Waals surface area contributed by atoms with Crippen LogP contribution in [0.25, 0.3) is 0 Å². The highest BCUT2D eigenvalue weighted by Gasteiger charge is 2.24. The van der Waals surface area contributed by atoms with E-state index in [1.165, 1.54) is 4.90 Å². The predicted molar refractivity (Wildman–Crippen MR) is 72.7 cm³/mol. The molecule has 2 unspecified atom stereocenters. The highest BCUT2D eigenvalue weighted by atomic mass is 16.5. The van der Waals surface area contributed by atoms with E-state index < -0.39 is 0 Å². The van der Waals surface area contributed by atoms with E-state index >= 15 is 0 Å². The number of likely N-dealkylation sites (N-methyl/N-ethyl adjacent to an activating group) is 1. The van der Waals surface area contributed by atoms with Gasteiger partial charge in [0.2, 0.25) is 0 Å². The third kappa shape index (κ3) is 3.96. The highest BCUT2D eigenvalue weighted by Crippen LogP contribution is 2.14. The molecule has 0 aliphatic carbocycles. The van der Waals surface area contributed by atoms with Crippen LogP contribution < -0.4 is 9.64 Å². The number of esters is 1. The van der Waals surface area contributed by atoms with E-state index in [9.17, 15) is 4.79 Å². The van der Waals surface area contributed by atoms with Crippen LogP contribution in [0.2, 0.25) is 0 Å². The van der Waals surface area contributed by atoms with Crippen LogP contribution >= 0.6 is 0 Å². The largest absolute Gasteiger partial charge is 0.494 e. The zero-order valence-electron chi connectivity index (χ0n) is 11.6. The zero-order chi connectivity index (χ0) is 13.7. The van der Waals surface area contributed by atoms with E-state index in [0.29, 0.717) is 12.2 Å².